The molecule has 5 atom stereocenters. The molecule has 1 fully saturated rings. The van der Waals surface area contributed by atoms with Crippen LogP contribution in [0.2, 0.25) is 0 Å². The second-order valence-corrected chi connectivity index (χ2v) is 7.71. The van der Waals surface area contributed by atoms with Crippen LogP contribution in [0.1, 0.15) is 15.9 Å². The molecule has 0 aliphatic carbocycles. The zero-order valence-electron chi connectivity index (χ0n) is 17.7. The van der Waals surface area contributed by atoms with Crippen molar-refractivity contribution < 1.29 is 59.8 Å². The minimum absolute atomic E-state index is 0.00328. The number of fused-ring (bicyclic) bond motifs is 1. The number of phenolic OH excluding ortho intramolecular Hbond substituents is 3. The third-order valence-corrected chi connectivity index (χ3v) is 5.62. The number of aliphatic hydroxyl groups excluding tert-OH is 4. The molecule has 0 aromatic heterocycles. The topological polar surface area (TPSA) is 196 Å². The van der Waals surface area contributed by atoms with Crippen molar-refractivity contribution in [3.63, 3.8) is 0 Å². The highest BCUT2D eigenvalue weighted by Crippen LogP contribution is 2.43. The number of rotatable bonds is 4. The lowest BCUT2D eigenvalue weighted by molar-refractivity contribution is -0.219. The average molecular weight is 478 g/mol. The van der Waals surface area contributed by atoms with Crippen LogP contribution >= 0.6 is 0 Å². The SMILES string of the molecule is COc1cc(C2=C([C@@H]3O[C@H](CO)[C@@H](O)[C@@H](O)[C@H]3O)C(=O)c3c(O)cc(O)cc3OO2)ccc1O. The van der Waals surface area contributed by atoms with E-state index >= 15 is 0 Å². The van der Waals surface area contributed by atoms with E-state index in [1.165, 1.54) is 25.3 Å². The zero-order valence-corrected chi connectivity index (χ0v) is 17.7. The van der Waals surface area contributed by atoms with Gasteiger partial charge < -0.3 is 45.2 Å². The molecule has 2 aromatic rings. The number of methoxy groups -OCH3 is 1. The lowest BCUT2D eigenvalue weighted by Gasteiger charge is -2.40. The average Bonchev–Trinajstić information content (AvgIpc) is 2.94. The maximum Gasteiger partial charge on any atom is 0.203 e. The molecule has 0 spiro atoms. The Morgan fingerprint density at radius 3 is 2.35 bits per heavy atom. The second-order valence-electron chi connectivity index (χ2n) is 7.71. The summed E-state index contributed by atoms with van der Waals surface area (Å²) in [6.07, 6.45) is -8.39. The number of benzene rings is 2. The number of aromatic hydroxyl groups is 3. The molecule has 1 saturated heterocycles. The van der Waals surface area contributed by atoms with Crippen molar-refractivity contribution in [2.75, 3.05) is 13.7 Å². The van der Waals surface area contributed by atoms with Gasteiger partial charge in [0.25, 0.3) is 0 Å². The van der Waals surface area contributed by atoms with Crippen molar-refractivity contribution in [3.8, 4) is 28.7 Å². The Morgan fingerprint density at radius 1 is 0.941 bits per heavy atom. The van der Waals surface area contributed by atoms with Crippen molar-refractivity contribution in [1.82, 2.24) is 0 Å². The fourth-order valence-electron chi connectivity index (χ4n) is 3.87. The third-order valence-electron chi connectivity index (χ3n) is 5.62. The lowest BCUT2D eigenvalue weighted by atomic mass is 9.86. The molecule has 7 N–H and O–H groups in total. The molecule has 2 aliphatic heterocycles. The molecule has 2 aliphatic rings. The summed E-state index contributed by atoms with van der Waals surface area (Å²) in [6.45, 7) is -0.752. The van der Waals surface area contributed by atoms with Gasteiger partial charge in [0.1, 0.15) is 47.6 Å². The van der Waals surface area contributed by atoms with E-state index in [2.05, 4.69) is 0 Å². The summed E-state index contributed by atoms with van der Waals surface area (Å²) in [5.74, 6) is -3.00. The summed E-state index contributed by atoms with van der Waals surface area (Å²) in [7, 11) is 1.29. The van der Waals surface area contributed by atoms with E-state index in [0.717, 1.165) is 12.1 Å². The van der Waals surface area contributed by atoms with Gasteiger partial charge in [-0.25, -0.2) is 0 Å². The Kier molecular flexibility index (Phi) is 6.25. The van der Waals surface area contributed by atoms with Crippen LogP contribution in [0.15, 0.2) is 35.9 Å². The van der Waals surface area contributed by atoms with E-state index in [0.29, 0.717) is 0 Å². The van der Waals surface area contributed by atoms with Crippen LogP contribution in [0.25, 0.3) is 5.76 Å². The quantitative estimate of drug-likeness (QED) is 0.281. The molecule has 0 unspecified atom stereocenters. The van der Waals surface area contributed by atoms with Gasteiger partial charge in [0.05, 0.1) is 19.3 Å². The molecule has 12 nitrogen and oxygen atoms in total. The number of hydrogen-bond acceptors (Lipinski definition) is 12. The lowest BCUT2D eigenvalue weighted by Crippen LogP contribution is -2.59. The number of carbonyl (C=O) groups is 1. The van der Waals surface area contributed by atoms with Gasteiger partial charge in [-0.2, -0.15) is 0 Å². The van der Waals surface area contributed by atoms with E-state index in [1.807, 2.05) is 0 Å². The van der Waals surface area contributed by atoms with Crippen LogP contribution in [0, 0.1) is 0 Å². The van der Waals surface area contributed by atoms with Crippen LogP contribution in [0.3, 0.4) is 0 Å². The van der Waals surface area contributed by atoms with Crippen molar-refractivity contribution >= 4 is 11.5 Å². The molecule has 34 heavy (non-hydrogen) atoms. The van der Waals surface area contributed by atoms with Crippen LogP contribution in [-0.4, -0.2) is 85.8 Å². The zero-order chi connectivity index (χ0) is 24.7. The molecule has 12 heteroatoms. The van der Waals surface area contributed by atoms with Gasteiger partial charge in [-0.3, -0.25) is 14.6 Å². The van der Waals surface area contributed by atoms with Gasteiger partial charge in [0.2, 0.25) is 5.78 Å². The van der Waals surface area contributed by atoms with Gasteiger partial charge in [-0.1, -0.05) is 0 Å². The summed E-state index contributed by atoms with van der Waals surface area (Å²) >= 11 is 0. The summed E-state index contributed by atoms with van der Waals surface area (Å²) in [6, 6.07) is 5.76. The molecule has 0 saturated carbocycles. The molecule has 0 amide bonds. The Bertz CT molecular complexity index is 1140. The van der Waals surface area contributed by atoms with Crippen molar-refractivity contribution in [1.29, 1.82) is 0 Å². The number of Topliss-reactive ketones (excluding diaryl/α,β-unsaturated/α-hetero) is 1. The smallest absolute Gasteiger partial charge is 0.203 e. The summed E-state index contributed by atoms with van der Waals surface area (Å²) < 4.78 is 10.7. The predicted octanol–water partition coefficient (Wildman–Crippen LogP) is -0.428. The van der Waals surface area contributed by atoms with Crippen molar-refractivity contribution in [3.05, 3.63) is 47.0 Å². The predicted molar refractivity (Wildman–Crippen MR) is 111 cm³/mol. The molecular formula is C22H22O12. The molecule has 2 aromatic carbocycles. The van der Waals surface area contributed by atoms with Crippen LogP contribution in [0.5, 0.6) is 28.7 Å². The van der Waals surface area contributed by atoms with Crippen LogP contribution in [-0.2, 0) is 9.62 Å². The first-order valence-corrected chi connectivity index (χ1v) is 10.0. The largest absolute Gasteiger partial charge is 0.508 e. The minimum Gasteiger partial charge on any atom is -0.508 e. The second kappa shape index (κ2) is 9.00. The van der Waals surface area contributed by atoms with Gasteiger partial charge in [0, 0.05) is 17.7 Å². The van der Waals surface area contributed by atoms with E-state index in [4.69, 9.17) is 19.2 Å². The van der Waals surface area contributed by atoms with Gasteiger partial charge in [-0.15, -0.1) is 0 Å². The highest BCUT2D eigenvalue weighted by atomic mass is 17.2. The molecule has 0 radical (unpaired) electrons. The summed E-state index contributed by atoms with van der Waals surface area (Å²) in [5, 5.41) is 70.8. The van der Waals surface area contributed by atoms with Crippen LogP contribution in [0.4, 0.5) is 0 Å². The fourth-order valence-corrected chi connectivity index (χ4v) is 3.87. The molecule has 182 valence electrons. The molecule has 4 rings (SSSR count). The Balaban J connectivity index is 1.95. The standard InChI is InChI=1S/C22H22O12/c1-31-12-4-8(2-3-10(12)25)21-16(22-20(30)19(29)17(27)14(7-23)32-22)18(28)15-11(26)5-9(24)6-13(15)33-34-21/h2-6,14,17,19-20,22-27,29-30H,7H2,1H3/t14-,17-,19-,20-,22+/m1/s1. The normalized spacial score (nSPS) is 26.9. The summed E-state index contributed by atoms with van der Waals surface area (Å²) in [4.78, 5) is 24.3. The summed E-state index contributed by atoms with van der Waals surface area (Å²) in [5.41, 5.74) is -0.777. The van der Waals surface area contributed by atoms with E-state index in [-0.39, 0.29) is 28.6 Å². The van der Waals surface area contributed by atoms with Crippen molar-refractivity contribution in [2.24, 2.45) is 0 Å². The first kappa shape index (κ1) is 23.6. The van der Waals surface area contributed by atoms with E-state index in [1.54, 1.807) is 0 Å². The van der Waals surface area contributed by atoms with Crippen LogP contribution < -0.4 is 9.62 Å². The molecule has 2 heterocycles. The maximum absolute atomic E-state index is 13.7. The number of phenols is 3. The van der Waals surface area contributed by atoms with E-state index in [9.17, 15) is 40.5 Å². The monoisotopic (exact) mass is 478 g/mol. The minimum atomic E-state index is -1.87. The fraction of sp³-hybridized carbons (Fsp3) is 0.318. The number of aliphatic hydroxyl groups is 4. The van der Waals surface area contributed by atoms with Gasteiger partial charge in [-0.05, 0) is 18.2 Å². The number of ether oxygens (including phenoxy) is 2. The molecular weight excluding hydrogens is 456 g/mol. The molecule has 0 bridgehead atoms. The van der Waals surface area contributed by atoms with Gasteiger partial charge >= 0.3 is 0 Å². The maximum atomic E-state index is 13.7. The first-order chi connectivity index (χ1) is 16.2. The number of carbonyl (C=O) groups excluding carboxylic acids is 1. The highest BCUT2D eigenvalue weighted by Gasteiger charge is 2.49. The first-order valence-electron chi connectivity index (χ1n) is 10.0. The van der Waals surface area contributed by atoms with Gasteiger partial charge in [0.15, 0.2) is 23.0 Å². The Labute approximate surface area is 192 Å². The number of ketones is 1. The Morgan fingerprint density at radius 2 is 1.68 bits per heavy atom. The highest BCUT2D eigenvalue weighted by molar-refractivity contribution is 6.16. The van der Waals surface area contributed by atoms with E-state index < -0.39 is 65.5 Å². The van der Waals surface area contributed by atoms with Crippen molar-refractivity contribution in [2.45, 2.75) is 30.5 Å². The Hall–Kier alpha value is -3.55. The third kappa shape index (κ3) is 3.87. The number of hydrogen-bond donors (Lipinski definition) is 7.